The summed E-state index contributed by atoms with van der Waals surface area (Å²) in [5.74, 6) is 0. The van der Waals surface area contributed by atoms with Gasteiger partial charge in [0, 0.05) is 48.0 Å². The van der Waals surface area contributed by atoms with Gasteiger partial charge in [-0.25, -0.2) is 0 Å². The third-order valence-electron chi connectivity index (χ3n) is 14.6. The Labute approximate surface area is 410 Å². The van der Waals surface area contributed by atoms with Crippen molar-refractivity contribution in [2.75, 3.05) is 4.90 Å². The zero-order valence-corrected chi connectivity index (χ0v) is 38.9. The monoisotopic (exact) mass is 909 g/mol. The van der Waals surface area contributed by atoms with Gasteiger partial charge in [-0.1, -0.05) is 182 Å². The highest BCUT2D eigenvalue weighted by Crippen LogP contribution is 2.56. The average molecular weight is 910 g/mol. The van der Waals surface area contributed by atoms with Crippen LogP contribution in [0.15, 0.2) is 265 Å². The van der Waals surface area contributed by atoms with Crippen molar-refractivity contribution in [1.82, 2.24) is 0 Å². The molecule has 1 aliphatic carbocycles. The fraction of sp³-hybridized carbons (Fsp3) is 0.0149. The van der Waals surface area contributed by atoms with Crippen LogP contribution in [0.3, 0.4) is 0 Å². The van der Waals surface area contributed by atoms with E-state index in [1.54, 1.807) is 0 Å². The minimum atomic E-state index is -0.470. The normalized spacial score (nSPS) is 12.7. The van der Waals surface area contributed by atoms with Gasteiger partial charge in [0.15, 0.2) is 0 Å². The van der Waals surface area contributed by atoms with Crippen LogP contribution in [0, 0.1) is 0 Å². The van der Waals surface area contributed by atoms with E-state index in [9.17, 15) is 0 Å². The number of anilines is 3. The molecule has 0 radical (unpaired) electrons. The molecular weight excluding hydrogens is 867 g/mol. The van der Waals surface area contributed by atoms with Crippen LogP contribution in [-0.2, 0) is 5.41 Å². The number of fused-ring (bicyclic) bond motifs is 9. The molecule has 0 amide bonds. The summed E-state index contributed by atoms with van der Waals surface area (Å²) in [5.41, 5.74) is 19.4. The Balaban J connectivity index is 0.863. The van der Waals surface area contributed by atoms with E-state index in [1.165, 1.54) is 75.8 Å². The predicted octanol–water partition coefficient (Wildman–Crippen LogP) is 18.8. The van der Waals surface area contributed by atoms with Gasteiger partial charge in [-0.05, 0) is 146 Å². The summed E-state index contributed by atoms with van der Waals surface area (Å²) in [5, 5.41) is 4.89. The highest BCUT2D eigenvalue weighted by atomic mass is 32.1. The van der Waals surface area contributed by atoms with Crippen LogP contribution in [0.1, 0.15) is 22.3 Å². The Hall–Kier alpha value is -8.76. The van der Waals surface area contributed by atoms with Crippen molar-refractivity contribution in [3.05, 3.63) is 283 Å². The molecule has 0 aliphatic heterocycles. The number of hydrogen-bond donors (Lipinski definition) is 0. The second kappa shape index (κ2) is 16.2. The minimum Gasteiger partial charge on any atom is -0.456 e. The third-order valence-corrected chi connectivity index (χ3v) is 15.7. The molecule has 0 unspecified atom stereocenters. The van der Waals surface area contributed by atoms with E-state index in [0.29, 0.717) is 0 Å². The van der Waals surface area contributed by atoms with Gasteiger partial charge in [-0.3, -0.25) is 0 Å². The Bertz CT molecular complexity index is 4060. The average Bonchev–Trinajstić information content (AvgIpc) is 4.10. The molecule has 2 heterocycles. The number of hydrogen-bond acceptors (Lipinski definition) is 3. The molecule has 0 saturated heterocycles. The Morgan fingerprint density at radius 3 is 1.47 bits per heavy atom. The summed E-state index contributed by atoms with van der Waals surface area (Å²) < 4.78 is 8.79. The van der Waals surface area contributed by atoms with Crippen LogP contribution >= 0.6 is 11.3 Å². The maximum atomic E-state index is 6.15. The van der Waals surface area contributed by atoms with Crippen molar-refractivity contribution in [2.45, 2.75) is 5.41 Å². The number of benzene rings is 11. The lowest BCUT2D eigenvalue weighted by molar-refractivity contribution is 0.669. The molecule has 0 bridgehead atoms. The fourth-order valence-electron chi connectivity index (χ4n) is 11.3. The van der Waals surface area contributed by atoms with Gasteiger partial charge in [0.2, 0.25) is 0 Å². The van der Waals surface area contributed by atoms with Crippen molar-refractivity contribution in [2.24, 2.45) is 0 Å². The summed E-state index contributed by atoms with van der Waals surface area (Å²) in [6.07, 6.45) is 0. The number of rotatable bonds is 8. The molecule has 328 valence electrons. The van der Waals surface area contributed by atoms with Crippen molar-refractivity contribution >= 4 is 70.5 Å². The summed E-state index contributed by atoms with van der Waals surface area (Å²) in [6.45, 7) is 0. The maximum Gasteiger partial charge on any atom is 0.135 e. The van der Waals surface area contributed by atoms with Gasteiger partial charge in [-0.15, -0.1) is 11.3 Å². The van der Waals surface area contributed by atoms with Gasteiger partial charge in [0.25, 0.3) is 0 Å². The van der Waals surface area contributed by atoms with E-state index in [2.05, 4.69) is 254 Å². The second-order valence-corrected chi connectivity index (χ2v) is 19.5. The first-order valence-corrected chi connectivity index (χ1v) is 24.8. The first kappa shape index (κ1) is 40.3. The van der Waals surface area contributed by atoms with Crippen molar-refractivity contribution in [3.8, 4) is 44.5 Å². The van der Waals surface area contributed by atoms with E-state index in [1.807, 2.05) is 23.5 Å². The first-order chi connectivity index (χ1) is 34.7. The third kappa shape index (κ3) is 6.40. The van der Waals surface area contributed by atoms with Crippen LogP contribution in [0.25, 0.3) is 86.6 Å². The highest BCUT2D eigenvalue weighted by molar-refractivity contribution is 7.25. The molecule has 2 nitrogen and oxygen atoms in total. The quantitative estimate of drug-likeness (QED) is 0.151. The largest absolute Gasteiger partial charge is 0.456 e. The lowest BCUT2D eigenvalue weighted by atomic mass is 9.68. The van der Waals surface area contributed by atoms with Gasteiger partial charge in [0.1, 0.15) is 11.2 Å². The fourth-order valence-corrected chi connectivity index (χ4v) is 12.4. The number of furan rings is 1. The predicted molar refractivity (Wildman–Crippen MR) is 295 cm³/mol. The van der Waals surface area contributed by atoms with Gasteiger partial charge >= 0.3 is 0 Å². The number of thiophene rings is 1. The van der Waals surface area contributed by atoms with Crippen LogP contribution in [0.2, 0.25) is 0 Å². The number of para-hydroxylation sites is 1. The van der Waals surface area contributed by atoms with E-state index >= 15 is 0 Å². The SMILES string of the molecule is c1ccc(C2(c3ccc(N(c4ccc(-c5cccc(-c6ccc7oc8ccccc8c7c6)c5)cc4)c4ccc(-c5ccc6sc7ccccc7c6c5)cc4)cc3)c3ccccc3-c3ccccc32)cc1. The summed E-state index contributed by atoms with van der Waals surface area (Å²) >= 11 is 1.86. The molecular formula is C67H43NOS. The molecule has 3 heteroatoms. The van der Waals surface area contributed by atoms with Crippen molar-refractivity contribution in [1.29, 1.82) is 0 Å². The lowest BCUT2D eigenvalue weighted by Gasteiger charge is -2.34. The van der Waals surface area contributed by atoms with Gasteiger partial charge in [-0.2, -0.15) is 0 Å². The summed E-state index contributed by atoms with van der Waals surface area (Å²) in [6, 6.07) is 95.6. The highest BCUT2D eigenvalue weighted by Gasteiger charge is 2.45. The molecule has 11 aromatic carbocycles. The lowest BCUT2D eigenvalue weighted by Crippen LogP contribution is -2.28. The zero-order chi connectivity index (χ0) is 46.2. The van der Waals surface area contributed by atoms with Gasteiger partial charge < -0.3 is 9.32 Å². The smallest absolute Gasteiger partial charge is 0.135 e. The standard InChI is InChI=1S/C67H43NOS/c1-2-15-50(16-3-1)67(61-21-8-4-17-55(61)56-18-5-9-22-62(56)67)51-31-37-54(38-32-51)68(53-35-27-45(28-36-53)48-30-40-66-60(43-48)58-20-7-11-24-65(58)70-66)52-33-25-44(26-34-52)46-13-12-14-47(41-46)49-29-39-64-59(42-49)57-19-6-10-23-63(57)69-64/h1-43H. The van der Waals surface area contributed by atoms with E-state index < -0.39 is 5.41 Å². The topological polar surface area (TPSA) is 16.4 Å². The van der Waals surface area contributed by atoms with Crippen molar-refractivity contribution in [3.63, 3.8) is 0 Å². The molecule has 0 spiro atoms. The molecule has 0 atom stereocenters. The second-order valence-electron chi connectivity index (χ2n) is 18.4. The number of nitrogens with zero attached hydrogens (tertiary/aromatic N) is 1. The Kier molecular flexibility index (Phi) is 9.33. The minimum absolute atomic E-state index is 0.470. The van der Waals surface area contributed by atoms with Crippen molar-refractivity contribution < 1.29 is 4.42 Å². The summed E-state index contributed by atoms with van der Waals surface area (Å²) in [7, 11) is 0. The molecule has 70 heavy (non-hydrogen) atoms. The zero-order valence-electron chi connectivity index (χ0n) is 38.1. The van der Waals surface area contributed by atoms with E-state index in [0.717, 1.165) is 50.1 Å². The molecule has 1 aliphatic rings. The van der Waals surface area contributed by atoms with E-state index in [4.69, 9.17) is 4.42 Å². The van der Waals surface area contributed by atoms with E-state index in [-0.39, 0.29) is 0 Å². The molecule has 14 rings (SSSR count). The van der Waals surface area contributed by atoms with Gasteiger partial charge in [0.05, 0.1) is 5.41 Å². The van der Waals surface area contributed by atoms with Crippen LogP contribution in [-0.4, -0.2) is 0 Å². The Morgan fingerprint density at radius 2 is 0.771 bits per heavy atom. The molecule has 2 aromatic heterocycles. The summed E-state index contributed by atoms with van der Waals surface area (Å²) in [4.78, 5) is 2.39. The molecule has 0 fully saturated rings. The molecule has 0 saturated carbocycles. The van der Waals surface area contributed by atoms with Crippen LogP contribution < -0.4 is 4.90 Å². The van der Waals surface area contributed by atoms with Crippen LogP contribution in [0.5, 0.6) is 0 Å². The Morgan fingerprint density at radius 1 is 0.300 bits per heavy atom. The molecule has 0 N–H and O–H groups in total. The van der Waals surface area contributed by atoms with Crippen LogP contribution in [0.4, 0.5) is 17.1 Å². The first-order valence-electron chi connectivity index (χ1n) is 24.0. The maximum absolute atomic E-state index is 6.15. The molecule has 13 aromatic rings.